The largest absolute Gasteiger partial charge is 0.384 e. The zero-order chi connectivity index (χ0) is 14.4. The molecule has 1 heterocycles. The normalized spacial score (nSPS) is 19.4. The molecule has 2 rings (SSSR count). The van der Waals surface area contributed by atoms with E-state index in [4.69, 9.17) is 9.84 Å². The zero-order valence-electron chi connectivity index (χ0n) is 11.7. The Morgan fingerprint density at radius 1 is 1.45 bits per heavy atom. The van der Waals surface area contributed by atoms with E-state index < -0.39 is 0 Å². The van der Waals surface area contributed by atoms with Crippen LogP contribution in [0.3, 0.4) is 0 Å². The molecule has 0 aliphatic carbocycles. The molecule has 1 atom stereocenters. The number of aliphatic hydroxyl groups excluding tert-OH is 1. The van der Waals surface area contributed by atoms with Gasteiger partial charge in [0.05, 0.1) is 12.7 Å². The van der Waals surface area contributed by atoms with Crippen molar-refractivity contribution >= 4 is 0 Å². The van der Waals surface area contributed by atoms with Crippen LogP contribution in [0.1, 0.15) is 24.5 Å². The van der Waals surface area contributed by atoms with Crippen molar-refractivity contribution in [2.75, 3.05) is 26.3 Å². The Hall–Kier alpha value is -1.41. The Balaban J connectivity index is 2.06. The Morgan fingerprint density at radius 2 is 2.30 bits per heavy atom. The highest BCUT2D eigenvalue weighted by atomic mass is 19.1. The fourth-order valence-corrected chi connectivity index (χ4v) is 2.38. The molecular weight excluding hydrogens is 257 g/mol. The van der Waals surface area contributed by atoms with Gasteiger partial charge in [0.25, 0.3) is 0 Å². The number of hydrogen-bond acceptors (Lipinski definition) is 3. The predicted molar refractivity (Wildman–Crippen MR) is 75.7 cm³/mol. The second-order valence-electron chi connectivity index (χ2n) is 4.94. The third-order valence-electron chi connectivity index (χ3n) is 3.35. The molecule has 1 N–H and O–H groups in total. The van der Waals surface area contributed by atoms with E-state index in [1.54, 1.807) is 6.07 Å². The van der Waals surface area contributed by atoms with Gasteiger partial charge in [-0.1, -0.05) is 18.8 Å². The van der Waals surface area contributed by atoms with Crippen molar-refractivity contribution in [1.82, 2.24) is 4.90 Å². The third-order valence-corrected chi connectivity index (χ3v) is 3.35. The number of hydrogen-bond donors (Lipinski definition) is 1. The average Bonchev–Trinajstić information content (AvgIpc) is 2.44. The summed E-state index contributed by atoms with van der Waals surface area (Å²) in [6.07, 6.45) is 1.26. The molecule has 20 heavy (non-hydrogen) atoms. The quantitative estimate of drug-likeness (QED) is 0.855. The average molecular weight is 277 g/mol. The van der Waals surface area contributed by atoms with Gasteiger partial charge in [-0.2, -0.15) is 0 Å². The van der Waals surface area contributed by atoms with Crippen molar-refractivity contribution in [3.8, 4) is 11.8 Å². The van der Waals surface area contributed by atoms with Crippen LogP contribution in [-0.4, -0.2) is 42.4 Å². The second kappa shape index (κ2) is 7.39. The van der Waals surface area contributed by atoms with Gasteiger partial charge >= 0.3 is 0 Å². The summed E-state index contributed by atoms with van der Waals surface area (Å²) in [6, 6.07) is 4.81. The lowest BCUT2D eigenvalue weighted by molar-refractivity contribution is -0.0324. The molecule has 1 aromatic carbocycles. The van der Waals surface area contributed by atoms with Crippen LogP contribution >= 0.6 is 0 Å². The van der Waals surface area contributed by atoms with Crippen molar-refractivity contribution in [3.63, 3.8) is 0 Å². The number of aliphatic hydroxyl groups is 1. The van der Waals surface area contributed by atoms with Crippen LogP contribution < -0.4 is 0 Å². The molecule has 0 saturated carbocycles. The van der Waals surface area contributed by atoms with Gasteiger partial charge in [0.1, 0.15) is 12.4 Å². The molecule has 0 radical (unpaired) electrons. The van der Waals surface area contributed by atoms with Gasteiger partial charge in [-0.3, -0.25) is 4.90 Å². The lowest BCUT2D eigenvalue weighted by atomic mass is 10.1. The van der Waals surface area contributed by atoms with Crippen LogP contribution in [0.4, 0.5) is 4.39 Å². The molecule has 1 aliphatic heterocycles. The molecule has 0 amide bonds. The fraction of sp³-hybridized carbons (Fsp3) is 0.500. The summed E-state index contributed by atoms with van der Waals surface area (Å²) < 4.78 is 19.2. The van der Waals surface area contributed by atoms with Crippen LogP contribution in [-0.2, 0) is 11.3 Å². The third kappa shape index (κ3) is 4.31. The van der Waals surface area contributed by atoms with Crippen LogP contribution in [0.2, 0.25) is 0 Å². The van der Waals surface area contributed by atoms with E-state index in [-0.39, 0.29) is 18.5 Å². The first-order chi connectivity index (χ1) is 9.71. The number of benzene rings is 1. The van der Waals surface area contributed by atoms with E-state index in [1.807, 2.05) is 6.07 Å². The van der Waals surface area contributed by atoms with Gasteiger partial charge in [0.15, 0.2) is 0 Å². The molecular formula is C16H20FNO2. The summed E-state index contributed by atoms with van der Waals surface area (Å²) in [4.78, 5) is 2.27. The van der Waals surface area contributed by atoms with Gasteiger partial charge in [0.2, 0.25) is 0 Å². The molecule has 3 nitrogen and oxygen atoms in total. The van der Waals surface area contributed by atoms with E-state index in [2.05, 4.69) is 23.7 Å². The molecule has 0 spiro atoms. The van der Waals surface area contributed by atoms with Crippen molar-refractivity contribution < 1.29 is 14.2 Å². The first kappa shape index (κ1) is 15.0. The number of rotatable bonds is 3. The van der Waals surface area contributed by atoms with Gasteiger partial charge in [-0.15, -0.1) is 0 Å². The minimum atomic E-state index is -0.287. The monoisotopic (exact) mass is 277 g/mol. The highest BCUT2D eigenvalue weighted by molar-refractivity contribution is 5.37. The number of morpholine rings is 1. The van der Waals surface area contributed by atoms with E-state index in [0.29, 0.717) is 12.1 Å². The smallest absolute Gasteiger partial charge is 0.124 e. The predicted octanol–water partition coefficient (Wildman–Crippen LogP) is 1.78. The summed E-state index contributed by atoms with van der Waals surface area (Å²) in [6.45, 7) is 5.07. The summed E-state index contributed by atoms with van der Waals surface area (Å²) in [7, 11) is 0. The molecule has 1 saturated heterocycles. The fourth-order valence-electron chi connectivity index (χ4n) is 2.38. The molecule has 4 heteroatoms. The molecule has 1 aliphatic rings. The van der Waals surface area contributed by atoms with Gasteiger partial charge in [0, 0.05) is 25.2 Å². The lowest BCUT2D eigenvalue weighted by Crippen LogP contribution is -2.41. The Bertz CT molecular complexity index is 507. The standard InChI is InChI=1S/C16H20FNO2/c1-2-16-12-18(5-7-20-16)11-14-8-13(4-3-6-19)9-15(17)10-14/h8-10,16,19H,2,5-7,11-12H2,1H3. The van der Waals surface area contributed by atoms with Gasteiger partial charge in [-0.25, -0.2) is 4.39 Å². The van der Waals surface area contributed by atoms with E-state index >= 15 is 0 Å². The first-order valence-corrected chi connectivity index (χ1v) is 6.94. The SMILES string of the molecule is CCC1CN(Cc2cc(F)cc(C#CCO)c2)CCO1. The van der Waals surface area contributed by atoms with E-state index in [1.165, 1.54) is 6.07 Å². The Morgan fingerprint density at radius 3 is 3.05 bits per heavy atom. The Labute approximate surface area is 119 Å². The number of halogens is 1. The van der Waals surface area contributed by atoms with Gasteiger partial charge in [-0.05, 0) is 30.2 Å². The maximum Gasteiger partial charge on any atom is 0.124 e. The second-order valence-corrected chi connectivity index (χ2v) is 4.94. The van der Waals surface area contributed by atoms with E-state index in [9.17, 15) is 4.39 Å². The molecule has 0 bridgehead atoms. The summed E-state index contributed by atoms with van der Waals surface area (Å²) >= 11 is 0. The molecule has 0 aromatic heterocycles. The van der Waals surface area contributed by atoms with Crippen LogP contribution in [0.5, 0.6) is 0 Å². The molecule has 108 valence electrons. The summed E-state index contributed by atoms with van der Waals surface area (Å²) in [5, 5.41) is 8.69. The van der Waals surface area contributed by atoms with Crippen molar-refractivity contribution in [2.24, 2.45) is 0 Å². The number of nitrogens with zero attached hydrogens (tertiary/aromatic N) is 1. The maximum absolute atomic E-state index is 13.6. The molecule has 1 fully saturated rings. The van der Waals surface area contributed by atoms with Crippen molar-refractivity contribution in [2.45, 2.75) is 26.0 Å². The van der Waals surface area contributed by atoms with Crippen LogP contribution in [0.25, 0.3) is 0 Å². The highest BCUT2D eigenvalue weighted by Gasteiger charge is 2.19. The minimum Gasteiger partial charge on any atom is -0.384 e. The maximum atomic E-state index is 13.6. The minimum absolute atomic E-state index is 0.215. The zero-order valence-corrected chi connectivity index (χ0v) is 11.7. The van der Waals surface area contributed by atoms with Crippen molar-refractivity contribution in [1.29, 1.82) is 0 Å². The number of ether oxygens (including phenoxy) is 1. The summed E-state index contributed by atoms with van der Waals surface area (Å²) in [5.41, 5.74) is 1.51. The highest BCUT2D eigenvalue weighted by Crippen LogP contribution is 2.15. The van der Waals surface area contributed by atoms with Gasteiger partial charge < -0.3 is 9.84 Å². The van der Waals surface area contributed by atoms with Crippen LogP contribution in [0, 0.1) is 17.7 Å². The molecule has 1 unspecified atom stereocenters. The summed E-state index contributed by atoms with van der Waals surface area (Å²) in [5.74, 6) is 5.01. The molecule has 1 aromatic rings. The first-order valence-electron chi connectivity index (χ1n) is 6.94. The van der Waals surface area contributed by atoms with E-state index in [0.717, 1.165) is 31.7 Å². The lowest BCUT2D eigenvalue weighted by Gasteiger charge is -2.32. The topological polar surface area (TPSA) is 32.7 Å². The van der Waals surface area contributed by atoms with Crippen molar-refractivity contribution in [3.05, 3.63) is 35.1 Å². The Kier molecular flexibility index (Phi) is 5.54. The van der Waals surface area contributed by atoms with Crippen LogP contribution in [0.15, 0.2) is 18.2 Å².